The number of likely N-dealkylation sites (tertiary alicyclic amines) is 1. The molecule has 3 amide bonds. The molecule has 136 valence electrons. The smallest absolute Gasteiger partial charge is 0.321 e. The van der Waals surface area contributed by atoms with Gasteiger partial charge in [0.2, 0.25) is 5.91 Å². The minimum absolute atomic E-state index is 0.102. The topological polar surface area (TPSA) is 117 Å². The van der Waals surface area contributed by atoms with Crippen LogP contribution in [0.4, 0.5) is 10.5 Å². The van der Waals surface area contributed by atoms with Crippen molar-refractivity contribution in [3.8, 4) is 5.75 Å². The number of rotatable bonds is 5. The number of hydrogen-bond acceptors (Lipinski definition) is 7. The zero-order chi connectivity index (χ0) is 18.4. The Labute approximate surface area is 147 Å². The Hall–Kier alpha value is -2.46. The first kappa shape index (κ1) is 18.9. The molecule has 0 aliphatic carbocycles. The molecule has 2 N–H and O–H groups in total. The molecule has 1 aromatic carbocycles. The number of carbonyl (C=O) groups excluding carboxylic acids is 2. The van der Waals surface area contributed by atoms with Gasteiger partial charge in [0, 0.05) is 7.05 Å². The lowest BCUT2D eigenvalue weighted by Crippen LogP contribution is -2.44. The molecule has 1 heterocycles. The average Bonchev–Trinajstić information content (AvgIpc) is 3.08. The van der Waals surface area contributed by atoms with E-state index in [1.54, 1.807) is 12.1 Å². The van der Waals surface area contributed by atoms with Gasteiger partial charge in [-0.15, -0.1) is 4.36 Å². The summed E-state index contributed by atoms with van der Waals surface area (Å²) in [6.07, 6.45) is 1.89. The van der Waals surface area contributed by atoms with E-state index in [4.69, 9.17) is 4.74 Å². The maximum atomic E-state index is 12.6. The van der Waals surface area contributed by atoms with Crippen LogP contribution in [0.1, 0.15) is 24.4 Å². The number of methoxy groups -OCH3 is 1. The van der Waals surface area contributed by atoms with Crippen molar-refractivity contribution in [2.75, 3.05) is 27.2 Å². The summed E-state index contributed by atoms with van der Waals surface area (Å²) in [5.74, 6) is -0.208. The van der Waals surface area contributed by atoms with Crippen LogP contribution in [0.15, 0.2) is 22.6 Å². The normalized spacial score (nSPS) is 15.3. The molecule has 2 rings (SSSR count). The maximum absolute atomic E-state index is 12.6. The molecule has 10 heteroatoms. The minimum Gasteiger partial charge on any atom is -0.494 e. The van der Waals surface area contributed by atoms with Gasteiger partial charge in [-0.2, -0.15) is 8.42 Å². The van der Waals surface area contributed by atoms with Crippen LogP contribution in [0.5, 0.6) is 5.75 Å². The van der Waals surface area contributed by atoms with Gasteiger partial charge < -0.3 is 10.1 Å². The Morgan fingerprint density at radius 3 is 2.52 bits per heavy atom. The predicted molar refractivity (Wildman–Crippen MR) is 90.1 cm³/mol. The van der Waals surface area contributed by atoms with Gasteiger partial charge in [0.25, 0.3) is 0 Å². The van der Waals surface area contributed by atoms with Crippen LogP contribution in [0.25, 0.3) is 0 Å². The molecule has 0 radical (unpaired) electrons. The zero-order valence-corrected chi connectivity index (χ0v) is 14.8. The molecule has 0 spiro atoms. The van der Waals surface area contributed by atoms with E-state index in [9.17, 15) is 18.0 Å². The van der Waals surface area contributed by atoms with Gasteiger partial charge in [0.15, 0.2) is 0 Å². The minimum atomic E-state index is -2.66. The standard InChI is InChI=1S/C15H20N4O5S/c1-16-15(21)17-14(20)13(19-7-3-4-8-19)10-5-6-12(24-2)11(9-10)18-25(22)23/h5-6,9,13H,3-4,7-8H2,1-2H3,(H2,16,17,20,21). The Kier molecular flexibility index (Phi) is 6.48. The van der Waals surface area contributed by atoms with Gasteiger partial charge in [-0.05, 0) is 43.6 Å². The molecule has 1 unspecified atom stereocenters. The van der Waals surface area contributed by atoms with Crippen molar-refractivity contribution in [3.05, 3.63) is 23.8 Å². The fourth-order valence-corrected chi connectivity index (χ4v) is 3.10. The van der Waals surface area contributed by atoms with Crippen molar-refractivity contribution in [2.45, 2.75) is 18.9 Å². The average molecular weight is 368 g/mol. The highest BCUT2D eigenvalue weighted by Gasteiger charge is 2.31. The van der Waals surface area contributed by atoms with Crippen LogP contribution in [-0.4, -0.2) is 52.5 Å². The fraction of sp³-hybridized carbons (Fsp3) is 0.467. The number of imide groups is 1. The van der Waals surface area contributed by atoms with Gasteiger partial charge in [-0.3, -0.25) is 15.0 Å². The first-order valence-electron chi connectivity index (χ1n) is 7.72. The van der Waals surface area contributed by atoms with Gasteiger partial charge in [-0.25, -0.2) is 4.79 Å². The first-order valence-corrected chi connectivity index (χ1v) is 8.75. The van der Waals surface area contributed by atoms with Crippen LogP contribution in [0.2, 0.25) is 0 Å². The Bertz CT molecular complexity index is 779. The fourth-order valence-electron chi connectivity index (χ4n) is 2.80. The molecule has 0 aromatic heterocycles. The van der Waals surface area contributed by atoms with Crippen molar-refractivity contribution in [1.29, 1.82) is 0 Å². The second-order valence-corrected chi connectivity index (χ2v) is 6.07. The van der Waals surface area contributed by atoms with E-state index in [1.165, 1.54) is 20.2 Å². The largest absolute Gasteiger partial charge is 0.494 e. The molecule has 0 bridgehead atoms. The van der Waals surface area contributed by atoms with Crippen LogP contribution in [-0.2, 0) is 15.3 Å². The Balaban J connectivity index is 2.44. The highest BCUT2D eigenvalue weighted by molar-refractivity contribution is 7.61. The van der Waals surface area contributed by atoms with E-state index < -0.39 is 28.5 Å². The lowest BCUT2D eigenvalue weighted by Gasteiger charge is -2.26. The molecule has 1 saturated heterocycles. The van der Waals surface area contributed by atoms with Crippen molar-refractivity contribution in [3.63, 3.8) is 0 Å². The van der Waals surface area contributed by atoms with Crippen LogP contribution >= 0.6 is 0 Å². The number of benzene rings is 1. The van der Waals surface area contributed by atoms with Crippen molar-refractivity contribution in [1.82, 2.24) is 15.5 Å². The van der Waals surface area contributed by atoms with E-state index in [0.717, 1.165) is 12.8 Å². The summed E-state index contributed by atoms with van der Waals surface area (Å²) < 4.78 is 30.5. The van der Waals surface area contributed by atoms with E-state index in [2.05, 4.69) is 15.0 Å². The molecular weight excluding hydrogens is 348 g/mol. The van der Waals surface area contributed by atoms with Crippen molar-refractivity contribution >= 4 is 28.1 Å². The number of ether oxygens (including phenoxy) is 1. The highest BCUT2D eigenvalue weighted by Crippen LogP contribution is 2.33. The van der Waals surface area contributed by atoms with Gasteiger partial charge in [0.05, 0.1) is 7.11 Å². The number of hydrogen-bond donors (Lipinski definition) is 2. The number of urea groups is 1. The Morgan fingerprint density at radius 2 is 1.96 bits per heavy atom. The first-order chi connectivity index (χ1) is 12.0. The molecule has 1 aliphatic rings. The second kappa shape index (κ2) is 8.58. The SMILES string of the molecule is CNC(=O)NC(=O)C(c1ccc(OC)c(N=S(=O)=O)c1)N1CCCC1. The lowest BCUT2D eigenvalue weighted by molar-refractivity contribution is -0.125. The van der Waals surface area contributed by atoms with Crippen LogP contribution in [0.3, 0.4) is 0 Å². The molecule has 1 atom stereocenters. The summed E-state index contributed by atoms with van der Waals surface area (Å²) >= 11 is 0. The van der Waals surface area contributed by atoms with E-state index in [1.807, 2.05) is 4.90 Å². The van der Waals surface area contributed by atoms with Crippen molar-refractivity contribution in [2.24, 2.45) is 4.36 Å². The third-order valence-electron chi connectivity index (χ3n) is 3.91. The zero-order valence-electron chi connectivity index (χ0n) is 14.0. The molecule has 1 aliphatic heterocycles. The van der Waals surface area contributed by atoms with E-state index in [0.29, 0.717) is 18.7 Å². The van der Waals surface area contributed by atoms with Crippen LogP contribution < -0.4 is 15.4 Å². The molecule has 25 heavy (non-hydrogen) atoms. The second-order valence-electron chi connectivity index (χ2n) is 5.45. The summed E-state index contributed by atoms with van der Waals surface area (Å²) in [4.78, 5) is 26.0. The quantitative estimate of drug-likeness (QED) is 0.800. The van der Waals surface area contributed by atoms with Crippen molar-refractivity contribution < 1.29 is 22.7 Å². The molecule has 9 nitrogen and oxygen atoms in total. The number of amides is 3. The third kappa shape index (κ3) is 4.77. The van der Waals surface area contributed by atoms with Gasteiger partial charge in [-0.1, -0.05) is 6.07 Å². The summed E-state index contributed by atoms with van der Waals surface area (Å²) in [6, 6.07) is 3.38. The lowest BCUT2D eigenvalue weighted by atomic mass is 10.0. The number of nitrogens with one attached hydrogen (secondary N) is 2. The number of nitrogens with zero attached hydrogens (tertiary/aromatic N) is 2. The monoisotopic (exact) mass is 368 g/mol. The molecule has 1 aromatic rings. The summed E-state index contributed by atoms with van der Waals surface area (Å²) in [7, 11) is 0.162. The summed E-state index contributed by atoms with van der Waals surface area (Å²) in [6.45, 7) is 1.41. The van der Waals surface area contributed by atoms with Gasteiger partial charge >= 0.3 is 16.5 Å². The molecule has 0 saturated carbocycles. The Morgan fingerprint density at radius 1 is 1.28 bits per heavy atom. The van der Waals surface area contributed by atoms with E-state index in [-0.39, 0.29) is 11.4 Å². The number of carbonyl (C=O) groups is 2. The van der Waals surface area contributed by atoms with E-state index >= 15 is 0 Å². The summed E-state index contributed by atoms with van der Waals surface area (Å²) in [5.41, 5.74) is 0.638. The maximum Gasteiger partial charge on any atom is 0.321 e. The molecular formula is C15H20N4O5S. The third-order valence-corrected chi connectivity index (χ3v) is 4.26. The predicted octanol–water partition coefficient (Wildman–Crippen LogP) is 0.982. The summed E-state index contributed by atoms with van der Waals surface area (Å²) in [5, 5.41) is 4.62. The highest BCUT2D eigenvalue weighted by atomic mass is 32.2. The van der Waals surface area contributed by atoms with Gasteiger partial charge in [0.1, 0.15) is 17.5 Å². The van der Waals surface area contributed by atoms with Crippen LogP contribution in [0, 0.1) is 0 Å². The molecule has 1 fully saturated rings.